The van der Waals surface area contributed by atoms with Crippen LogP contribution in [0.5, 0.6) is 5.75 Å². The zero-order valence-corrected chi connectivity index (χ0v) is 14.6. The number of nitrogens with one attached hydrogen (secondary N) is 1. The second-order valence-corrected chi connectivity index (χ2v) is 10.4. The summed E-state index contributed by atoms with van der Waals surface area (Å²) < 4.78 is 55.0. The summed E-state index contributed by atoms with van der Waals surface area (Å²) in [5.74, 6) is -0.304. The summed E-state index contributed by atoms with van der Waals surface area (Å²) in [6.45, 7) is 6.44. The van der Waals surface area contributed by atoms with Crippen LogP contribution in [-0.4, -0.2) is 25.2 Å². The number of anilines is 1. The van der Waals surface area contributed by atoms with Crippen LogP contribution in [0.1, 0.15) is 33.6 Å². The highest BCUT2D eigenvalue weighted by Gasteiger charge is 2.34. The maximum Gasteiger partial charge on any atom is 0.573 e. The fourth-order valence-electron chi connectivity index (χ4n) is 2.58. The molecule has 1 aliphatic rings. The second-order valence-electron chi connectivity index (χ2n) is 7.19. The van der Waals surface area contributed by atoms with Gasteiger partial charge in [0.2, 0.25) is 0 Å². The smallest absolute Gasteiger partial charge is 0.404 e. The first kappa shape index (κ1) is 18.2. The summed E-state index contributed by atoms with van der Waals surface area (Å²) in [7, 11) is -2.56. The highest BCUT2D eigenvalue weighted by Crippen LogP contribution is 2.51. The van der Waals surface area contributed by atoms with Crippen molar-refractivity contribution >= 4 is 18.1 Å². The predicted octanol–water partition coefficient (Wildman–Crippen LogP) is 4.83. The normalized spacial score (nSPS) is 18.0. The van der Waals surface area contributed by atoms with Crippen LogP contribution >= 0.6 is 7.14 Å². The van der Waals surface area contributed by atoms with Crippen LogP contribution in [0.2, 0.25) is 0 Å². The fraction of sp³-hybridized carbons (Fsp3) is 0.625. The van der Waals surface area contributed by atoms with Crippen molar-refractivity contribution in [2.75, 3.05) is 24.2 Å². The topological polar surface area (TPSA) is 38.3 Å². The lowest BCUT2D eigenvalue weighted by molar-refractivity contribution is -0.274. The summed E-state index contributed by atoms with van der Waals surface area (Å²) in [5, 5.41) is 3.47. The Bertz CT molecular complexity index is 598. The number of alkyl halides is 3. The molecule has 7 heteroatoms. The van der Waals surface area contributed by atoms with Crippen LogP contribution in [0.15, 0.2) is 18.2 Å². The molecule has 23 heavy (non-hydrogen) atoms. The van der Waals surface area contributed by atoms with E-state index in [2.05, 4.69) is 10.1 Å². The Hall–Kier alpha value is -1.16. The van der Waals surface area contributed by atoms with Gasteiger partial charge in [0.05, 0.1) is 5.69 Å². The number of hydrogen-bond donors (Lipinski definition) is 1. The molecule has 1 aromatic rings. The van der Waals surface area contributed by atoms with E-state index in [1.807, 2.05) is 20.8 Å². The van der Waals surface area contributed by atoms with Crippen molar-refractivity contribution in [3.05, 3.63) is 18.2 Å². The average molecular weight is 349 g/mol. The average Bonchev–Trinajstić information content (AvgIpc) is 2.82. The molecule has 2 rings (SSSR count). The Labute approximate surface area is 135 Å². The molecule has 0 aliphatic carbocycles. The molecule has 0 atom stereocenters. The molecule has 0 saturated carbocycles. The molecule has 0 unspecified atom stereocenters. The van der Waals surface area contributed by atoms with E-state index in [-0.39, 0.29) is 16.9 Å². The quantitative estimate of drug-likeness (QED) is 0.792. The van der Waals surface area contributed by atoms with Crippen molar-refractivity contribution in [1.82, 2.24) is 0 Å². The predicted molar refractivity (Wildman–Crippen MR) is 87.3 cm³/mol. The molecule has 0 bridgehead atoms. The third-order valence-electron chi connectivity index (χ3n) is 3.76. The minimum atomic E-state index is -4.78. The first-order chi connectivity index (χ1) is 10.5. The van der Waals surface area contributed by atoms with E-state index in [9.17, 15) is 17.7 Å². The van der Waals surface area contributed by atoms with Gasteiger partial charge in [0, 0.05) is 24.2 Å². The summed E-state index contributed by atoms with van der Waals surface area (Å²) in [4.78, 5) is 0. The van der Waals surface area contributed by atoms with Gasteiger partial charge in [0.1, 0.15) is 7.14 Å². The molecule has 1 aliphatic heterocycles. The molecular weight excluding hydrogens is 326 g/mol. The number of benzene rings is 1. The fourth-order valence-corrected chi connectivity index (χ4v) is 5.49. The Kier molecular flexibility index (Phi) is 5.05. The third kappa shape index (κ3) is 5.17. The molecule has 1 aromatic carbocycles. The van der Waals surface area contributed by atoms with E-state index in [1.165, 1.54) is 6.07 Å². The van der Waals surface area contributed by atoms with Gasteiger partial charge in [-0.1, -0.05) is 20.8 Å². The molecule has 1 heterocycles. The van der Waals surface area contributed by atoms with Gasteiger partial charge in [-0.05, 0) is 36.5 Å². The number of rotatable bonds is 4. The monoisotopic (exact) mass is 349 g/mol. The van der Waals surface area contributed by atoms with Gasteiger partial charge in [0.15, 0.2) is 5.75 Å². The molecule has 3 nitrogen and oxygen atoms in total. The molecule has 0 spiro atoms. The molecular formula is C16H23F3NO2P. The summed E-state index contributed by atoms with van der Waals surface area (Å²) in [6.07, 6.45) is -1.94. The highest BCUT2D eigenvalue weighted by molar-refractivity contribution is 7.71. The first-order valence-electron chi connectivity index (χ1n) is 7.71. The molecule has 0 radical (unpaired) electrons. The summed E-state index contributed by atoms with van der Waals surface area (Å²) in [5.41, 5.74) is 0.179. The SMILES string of the molecule is CC(C)(C)CNc1ccc(P2(=O)CCCC2)cc1OC(F)(F)F. The van der Waals surface area contributed by atoms with Gasteiger partial charge in [0.25, 0.3) is 0 Å². The molecule has 0 aromatic heterocycles. The lowest BCUT2D eigenvalue weighted by Crippen LogP contribution is -2.22. The number of hydrogen-bond acceptors (Lipinski definition) is 3. The van der Waals surface area contributed by atoms with Crippen LogP contribution in [0.4, 0.5) is 18.9 Å². The lowest BCUT2D eigenvalue weighted by Gasteiger charge is -2.22. The molecule has 1 saturated heterocycles. The maximum atomic E-state index is 12.8. The van der Waals surface area contributed by atoms with Crippen molar-refractivity contribution in [3.8, 4) is 5.75 Å². The van der Waals surface area contributed by atoms with Gasteiger partial charge in [-0.3, -0.25) is 0 Å². The van der Waals surface area contributed by atoms with Crippen LogP contribution in [0.25, 0.3) is 0 Å². The van der Waals surface area contributed by atoms with E-state index >= 15 is 0 Å². The molecule has 1 N–H and O–H groups in total. The minimum absolute atomic E-state index is 0.0909. The Morgan fingerprint density at radius 1 is 1.17 bits per heavy atom. The third-order valence-corrected chi connectivity index (χ3v) is 7.06. The first-order valence-corrected chi connectivity index (χ1v) is 9.79. The van der Waals surface area contributed by atoms with Crippen molar-refractivity contribution in [1.29, 1.82) is 0 Å². The Morgan fingerprint density at radius 2 is 1.78 bits per heavy atom. The van der Waals surface area contributed by atoms with E-state index < -0.39 is 13.5 Å². The van der Waals surface area contributed by atoms with Crippen molar-refractivity contribution in [3.63, 3.8) is 0 Å². The number of ether oxygens (including phenoxy) is 1. The second kappa shape index (κ2) is 6.39. The van der Waals surface area contributed by atoms with Crippen molar-refractivity contribution in [2.24, 2.45) is 5.41 Å². The standard InChI is InChI=1S/C16H23F3NO2P/c1-15(2,3)11-20-13-7-6-12(23(21)8-4-5-9-23)10-14(13)22-16(17,18)19/h6-7,10,20H,4-5,8-9,11H2,1-3H3. The van der Waals surface area contributed by atoms with Crippen LogP contribution < -0.4 is 15.4 Å². The summed E-state index contributed by atoms with van der Waals surface area (Å²) in [6, 6.07) is 4.50. The van der Waals surface area contributed by atoms with E-state index in [0.717, 1.165) is 12.8 Å². The highest BCUT2D eigenvalue weighted by atomic mass is 31.2. The van der Waals surface area contributed by atoms with Gasteiger partial charge < -0.3 is 14.6 Å². The van der Waals surface area contributed by atoms with Crippen LogP contribution in [-0.2, 0) is 4.57 Å². The maximum absolute atomic E-state index is 12.8. The largest absolute Gasteiger partial charge is 0.573 e. The van der Waals surface area contributed by atoms with Crippen molar-refractivity contribution in [2.45, 2.75) is 40.0 Å². The van der Waals surface area contributed by atoms with E-state index in [1.54, 1.807) is 12.1 Å². The molecule has 130 valence electrons. The van der Waals surface area contributed by atoms with E-state index in [4.69, 9.17) is 0 Å². The number of halogens is 3. The molecule has 1 fully saturated rings. The lowest BCUT2D eigenvalue weighted by atomic mass is 9.97. The zero-order valence-electron chi connectivity index (χ0n) is 13.7. The van der Waals surface area contributed by atoms with Crippen molar-refractivity contribution < 1.29 is 22.5 Å². The van der Waals surface area contributed by atoms with Gasteiger partial charge >= 0.3 is 6.36 Å². The van der Waals surface area contributed by atoms with Gasteiger partial charge in [-0.15, -0.1) is 13.2 Å². The minimum Gasteiger partial charge on any atom is -0.404 e. The van der Waals surface area contributed by atoms with Crippen LogP contribution in [0, 0.1) is 5.41 Å². The summed E-state index contributed by atoms with van der Waals surface area (Å²) >= 11 is 0. The van der Waals surface area contributed by atoms with Gasteiger partial charge in [-0.2, -0.15) is 0 Å². The van der Waals surface area contributed by atoms with Crippen LogP contribution in [0.3, 0.4) is 0 Å². The zero-order chi connectivity index (χ0) is 17.3. The Balaban J connectivity index is 2.32. The molecule has 0 amide bonds. The van der Waals surface area contributed by atoms with E-state index in [0.29, 0.717) is 24.2 Å². The van der Waals surface area contributed by atoms with Gasteiger partial charge in [-0.25, -0.2) is 0 Å². The Morgan fingerprint density at radius 3 is 2.30 bits per heavy atom.